The van der Waals surface area contributed by atoms with Crippen molar-refractivity contribution in [3.63, 3.8) is 0 Å². The summed E-state index contributed by atoms with van der Waals surface area (Å²) >= 11 is 1.69. The Hall–Kier alpha value is -2.27. The van der Waals surface area contributed by atoms with Crippen molar-refractivity contribution >= 4 is 27.5 Å². The summed E-state index contributed by atoms with van der Waals surface area (Å²) in [5.74, 6) is -0.0784. The molecule has 0 saturated carbocycles. The van der Waals surface area contributed by atoms with Crippen molar-refractivity contribution in [2.24, 2.45) is 0 Å². The fraction of sp³-hybridized carbons (Fsp3) is 0.333. The maximum Gasteiger partial charge on any atom is 0.223 e. The lowest BCUT2D eigenvalue weighted by Crippen LogP contribution is -2.38. The van der Waals surface area contributed by atoms with Crippen molar-refractivity contribution < 1.29 is 9.18 Å². The summed E-state index contributed by atoms with van der Waals surface area (Å²) in [5.41, 5.74) is 2.00. The quantitative estimate of drug-likeness (QED) is 0.640. The highest BCUT2D eigenvalue weighted by molar-refractivity contribution is 7.18. The van der Waals surface area contributed by atoms with Crippen molar-refractivity contribution in [3.05, 3.63) is 64.9 Å². The van der Waals surface area contributed by atoms with Gasteiger partial charge in [-0.25, -0.2) is 9.37 Å². The SMILES string of the molecule is O=C(CCc1ccc(F)cc1)N1CCCCC1c1nc2ccccc2s1. The van der Waals surface area contributed by atoms with Gasteiger partial charge in [-0.15, -0.1) is 11.3 Å². The molecule has 4 rings (SSSR count). The molecule has 5 heteroatoms. The molecule has 0 aliphatic carbocycles. The van der Waals surface area contributed by atoms with Crippen LogP contribution in [0.2, 0.25) is 0 Å². The second kappa shape index (κ2) is 7.54. The van der Waals surface area contributed by atoms with Gasteiger partial charge in [-0.2, -0.15) is 0 Å². The minimum absolute atomic E-state index is 0.0851. The first-order chi connectivity index (χ1) is 12.7. The molecule has 1 aliphatic rings. The van der Waals surface area contributed by atoms with Gasteiger partial charge in [0.05, 0.1) is 16.3 Å². The van der Waals surface area contributed by atoms with Crippen LogP contribution in [0.1, 0.15) is 42.3 Å². The fourth-order valence-corrected chi connectivity index (χ4v) is 4.68. The van der Waals surface area contributed by atoms with Crippen molar-refractivity contribution in [2.45, 2.75) is 38.1 Å². The zero-order valence-corrected chi connectivity index (χ0v) is 15.3. The number of halogens is 1. The van der Waals surface area contributed by atoms with Gasteiger partial charge in [0.1, 0.15) is 10.8 Å². The molecule has 1 unspecified atom stereocenters. The van der Waals surface area contributed by atoms with Crippen LogP contribution in [0, 0.1) is 5.82 Å². The van der Waals surface area contributed by atoms with E-state index in [2.05, 4.69) is 6.07 Å². The first-order valence-corrected chi connectivity index (χ1v) is 9.92. The van der Waals surface area contributed by atoms with Gasteiger partial charge >= 0.3 is 0 Å². The second-order valence-corrected chi connectivity index (χ2v) is 7.81. The average Bonchev–Trinajstić information content (AvgIpc) is 3.11. The minimum Gasteiger partial charge on any atom is -0.333 e. The molecule has 1 aliphatic heterocycles. The number of benzene rings is 2. The number of nitrogens with zero attached hydrogens (tertiary/aromatic N) is 2. The van der Waals surface area contributed by atoms with Gasteiger partial charge in [0.25, 0.3) is 0 Å². The number of amides is 1. The van der Waals surface area contributed by atoms with Gasteiger partial charge in [-0.3, -0.25) is 4.79 Å². The largest absolute Gasteiger partial charge is 0.333 e. The topological polar surface area (TPSA) is 33.2 Å². The third-order valence-electron chi connectivity index (χ3n) is 4.96. The van der Waals surface area contributed by atoms with Crippen LogP contribution in [0.25, 0.3) is 10.2 Å². The number of fused-ring (bicyclic) bond motifs is 1. The van der Waals surface area contributed by atoms with Crippen LogP contribution in [0.15, 0.2) is 48.5 Å². The maximum atomic E-state index is 13.0. The Morgan fingerprint density at radius 1 is 1.15 bits per heavy atom. The van der Waals surface area contributed by atoms with E-state index < -0.39 is 0 Å². The van der Waals surface area contributed by atoms with Gasteiger partial charge in [-0.1, -0.05) is 24.3 Å². The van der Waals surface area contributed by atoms with E-state index in [0.717, 1.165) is 41.9 Å². The zero-order chi connectivity index (χ0) is 17.9. The average molecular weight is 368 g/mol. The van der Waals surface area contributed by atoms with Crippen molar-refractivity contribution in [1.29, 1.82) is 0 Å². The van der Waals surface area contributed by atoms with E-state index in [-0.39, 0.29) is 17.8 Å². The maximum absolute atomic E-state index is 13.0. The predicted molar refractivity (Wildman–Crippen MR) is 103 cm³/mol. The Balaban J connectivity index is 1.49. The minimum atomic E-state index is -0.244. The Kier molecular flexibility index (Phi) is 4.98. The highest BCUT2D eigenvalue weighted by Crippen LogP contribution is 2.36. The summed E-state index contributed by atoms with van der Waals surface area (Å²) in [5, 5.41) is 1.04. The Morgan fingerprint density at radius 2 is 1.96 bits per heavy atom. The molecule has 3 nitrogen and oxygen atoms in total. The van der Waals surface area contributed by atoms with Crippen LogP contribution in [0.3, 0.4) is 0 Å². The molecule has 3 aromatic rings. The third-order valence-corrected chi connectivity index (χ3v) is 6.10. The number of carbonyl (C=O) groups is 1. The molecule has 0 bridgehead atoms. The van der Waals surface area contributed by atoms with Gasteiger partial charge in [0.2, 0.25) is 5.91 Å². The highest BCUT2D eigenvalue weighted by Gasteiger charge is 2.29. The smallest absolute Gasteiger partial charge is 0.223 e. The molecule has 1 saturated heterocycles. The molecule has 2 heterocycles. The number of aromatic nitrogens is 1. The third kappa shape index (κ3) is 3.63. The van der Waals surface area contributed by atoms with E-state index in [4.69, 9.17) is 4.98 Å². The summed E-state index contributed by atoms with van der Waals surface area (Å²) in [6.45, 7) is 0.794. The van der Waals surface area contributed by atoms with Crippen molar-refractivity contribution in [3.8, 4) is 0 Å². The molecule has 1 aromatic heterocycles. The van der Waals surface area contributed by atoms with Gasteiger partial charge < -0.3 is 4.90 Å². The molecule has 134 valence electrons. The van der Waals surface area contributed by atoms with E-state index in [1.165, 1.54) is 16.8 Å². The van der Waals surface area contributed by atoms with Crippen LogP contribution >= 0.6 is 11.3 Å². The Morgan fingerprint density at radius 3 is 2.77 bits per heavy atom. The number of hydrogen-bond acceptors (Lipinski definition) is 3. The molecular formula is C21H21FN2OS. The van der Waals surface area contributed by atoms with E-state index >= 15 is 0 Å². The monoisotopic (exact) mass is 368 g/mol. The molecule has 1 amide bonds. The van der Waals surface area contributed by atoms with E-state index in [1.807, 2.05) is 23.1 Å². The summed E-state index contributed by atoms with van der Waals surface area (Å²) in [4.78, 5) is 19.7. The van der Waals surface area contributed by atoms with Crippen LogP contribution < -0.4 is 0 Å². The standard InChI is InChI=1S/C21H21FN2OS/c22-16-11-8-15(9-12-16)10-13-20(25)24-14-4-3-6-18(24)21-23-17-5-1-2-7-19(17)26-21/h1-2,5,7-9,11-12,18H,3-4,6,10,13-14H2. The molecule has 1 atom stereocenters. The van der Waals surface area contributed by atoms with E-state index in [9.17, 15) is 9.18 Å². The number of aryl methyl sites for hydroxylation is 1. The van der Waals surface area contributed by atoms with E-state index in [1.54, 1.807) is 23.5 Å². The van der Waals surface area contributed by atoms with Gasteiger partial charge in [0.15, 0.2) is 0 Å². The number of rotatable bonds is 4. The van der Waals surface area contributed by atoms with Crippen molar-refractivity contribution in [1.82, 2.24) is 9.88 Å². The summed E-state index contributed by atoms with van der Waals surface area (Å²) in [7, 11) is 0. The van der Waals surface area contributed by atoms with Crippen molar-refractivity contribution in [2.75, 3.05) is 6.54 Å². The number of piperidine rings is 1. The predicted octanol–water partition coefficient (Wildman–Crippen LogP) is 5.12. The lowest BCUT2D eigenvalue weighted by molar-refractivity contribution is -0.135. The second-order valence-electron chi connectivity index (χ2n) is 6.75. The first kappa shape index (κ1) is 17.2. The van der Waals surface area contributed by atoms with Crippen LogP contribution in [0.5, 0.6) is 0 Å². The Bertz CT molecular complexity index is 873. The Labute approximate surface area is 156 Å². The molecule has 0 N–H and O–H groups in total. The highest BCUT2D eigenvalue weighted by atomic mass is 32.1. The summed E-state index contributed by atoms with van der Waals surface area (Å²) in [6, 6.07) is 14.6. The number of thiazole rings is 1. The van der Waals surface area contributed by atoms with Gasteiger partial charge in [0, 0.05) is 13.0 Å². The zero-order valence-electron chi connectivity index (χ0n) is 14.5. The van der Waals surface area contributed by atoms with Gasteiger partial charge in [-0.05, 0) is 55.5 Å². The lowest BCUT2D eigenvalue weighted by Gasteiger charge is -2.34. The molecule has 26 heavy (non-hydrogen) atoms. The number of likely N-dealkylation sites (tertiary alicyclic amines) is 1. The van der Waals surface area contributed by atoms with Crippen LogP contribution in [0.4, 0.5) is 4.39 Å². The molecule has 1 fully saturated rings. The number of hydrogen-bond donors (Lipinski definition) is 0. The lowest BCUT2D eigenvalue weighted by atomic mass is 10.0. The molecular weight excluding hydrogens is 347 g/mol. The first-order valence-electron chi connectivity index (χ1n) is 9.10. The number of para-hydroxylation sites is 1. The fourth-order valence-electron chi connectivity index (χ4n) is 3.57. The molecule has 0 radical (unpaired) electrons. The van der Waals surface area contributed by atoms with Crippen LogP contribution in [-0.2, 0) is 11.2 Å². The van der Waals surface area contributed by atoms with E-state index in [0.29, 0.717) is 12.8 Å². The normalized spacial score (nSPS) is 17.6. The summed E-state index contributed by atoms with van der Waals surface area (Å²) < 4.78 is 14.2. The number of carbonyl (C=O) groups excluding carboxylic acids is 1. The molecule has 0 spiro atoms. The van der Waals surface area contributed by atoms with Crippen LogP contribution in [-0.4, -0.2) is 22.3 Å². The summed E-state index contributed by atoms with van der Waals surface area (Å²) in [6.07, 6.45) is 4.24. The molecule has 2 aromatic carbocycles.